The Hall–Kier alpha value is -1.95. The van der Waals surface area contributed by atoms with E-state index < -0.39 is 0 Å². The molecule has 3 amide bonds. The molecule has 1 aromatic rings. The fraction of sp³-hybridized carbons (Fsp3) is 0.364. The fourth-order valence-corrected chi connectivity index (χ4v) is 1.75. The number of nitrogens with two attached hydrogens (primary N) is 1. The Morgan fingerprint density at radius 2 is 2.24 bits per heavy atom. The number of carbonyl (C=O) groups excluding carboxylic acids is 2. The van der Waals surface area contributed by atoms with Crippen molar-refractivity contribution >= 4 is 11.9 Å². The first-order valence-corrected chi connectivity index (χ1v) is 5.31. The van der Waals surface area contributed by atoms with Gasteiger partial charge in [-0.3, -0.25) is 14.7 Å². The smallest absolute Gasteiger partial charge is 0.325 e. The van der Waals surface area contributed by atoms with Crippen LogP contribution in [0.3, 0.4) is 0 Å². The maximum atomic E-state index is 11.7. The minimum atomic E-state index is -0.263. The van der Waals surface area contributed by atoms with Crippen molar-refractivity contribution in [3.63, 3.8) is 0 Å². The van der Waals surface area contributed by atoms with E-state index in [1.54, 1.807) is 25.4 Å². The molecule has 0 saturated carbocycles. The number of urea groups is 1. The number of likely N-dealkylation sites (N-methyl/N-ethyl adjacent to an activating group) is 1. The van der Waals surface area contributed by atoms with Crippen molar-refractivity contribution in [1.29, 1.82) is 0 Å². The number of nitrogens with zero attached hydrogens (tertiary/aromatic N) is 3. The molecule has 1 saturated heterocycles. The summed E-state index contributed by atoms with van der Waals surface area (Å²) in [7, 11) is 1.61. The molecule has 90 valence electrons. The summed E-state index contributed by atoms with van der Waals surface area (Å²) in [6.07, 6.45) is 1.63. The Labute approximate surface area is 99.0 Å². The lowest BCUT2D eigenvalue weighted by molar-refractivity contribution is -0.125. The third-order valence-corrected chi connectivity index (χ3v) is 2.66. The first kappa shape index (κ1) is 11.5. The van der Waals surface area contributed by atoms with Crippen molar-refractivity contribution in [2.45, 2.75) is 13.1 Å². The molecule has 0 spiro atoms. The average molecular weight is 234 g/mol. The van der Waals surface area contributed by atoms with Crippen molar-refractivity contribution in [1.82, 2.24) is 14.8 Å². The highest BCUT2D eigenvalue weighted by atomic mass is 16.2. The van der Waals surface area contributed by atoms with Gasteiger partial charge in [0.1, 0.15) is 6.54 Å². The quantitative estimate of drug-likeness (QED) is 0.743. The van der Waals surface area contributed by atoms with E-state index in [2.05, 4.69) is 4.98 Å². The molecule has 1 aliphatic rings. The molecule has 2 heterocycles. The van der Waals surface area contributed by atoms with Gasteiger partial charge in [0, 0.05) is 19.8 Å². The lowest BCUT2D eigenvalue weighted by Crippen LogP contribution is -2.31. The summed E-state index contributed by atoms with van der Waals surface area (Å²) in [5.74, 6) is -0.177. The van der Waals surface area contributed by atoms with Crippen LogP contribution >= 0.6 is 0 Å². The van der Waals surface area contributed by atoms with Crippen molar-refractivity contribution in [3.8, 4) is 0 Å². The number of rotatable bonds is 3. The normalized spacial score (nSPS) is 15.9. The molecule has 1 aliphatic heterocycles. The van der Waals surface area contributed by atoms with E-state index in [1.165, 1.54) is 9.80 Å². The van der Waals surface area contributed by atoms with Crippen LogP contribution in [-0.2, 0) is 17.9 Å². The molecule has 6 heteroatoms. The van der Waals surface area contributed by atoms with Gasteiger partial charge in [0.05, 0.1) is 12.2 Å². The molecule has 1 fully saturated rings. The molecule has 0 aliphatic carbocycles. The predicted molar refractivity (Wildman–Crippen MR) is 60.7 cm³/mol. The van der Waals surface area contributed by atoms with Gasteiger partial charge >= 0.3 is 6.03 Å². The van der Waals surface area contributed by atoms with Gasteiger partial charge in [-0.05, 0) is 17.7 Å². The zero-order valence-electron chi connectivity index (χ0n) is 9.59. The Balaban J connectivity index is 2.15. The van der Waals surface area contributed by atoms with Crippen LogP contribution in [0, 0.1) is 0 Å². The highest BCUT2D eigenvalue weighted by molar-refractivity contribution is 6.01. The SMILES string of the molecule is CN1CC(=O)N(Cc2ccnc(CN)c2)C1=O. The monoisotopic (exact) mass is 234 g/mol. The van der Waals surface area contributed by atoms with E-state index in [0.717, 1.165) is 11.3 Å². The van der Waals surface area contributed by atoms with E-state index in [1.807, 2.05) is 0 Å². The lowest BCUT2D eigenvalue weighted by atomic mass is 10.2. The maximum absolute atomic E-state index is 11.7. The molecule has 6 nitrogen and oxygen atoms in total. The average Bonchev–Trinajstić information content (AvgIpc) is 2.56. The number of amides is 3. The number of carbonyl (C=O) groups is 2. The third kappa shape index (κ3) is 2.26. The molecular weight excluding hydrogens is 220 g/mol. The van der Waals surface area contributed by atoms with Gasteiger partial charge in [0.15, 0.2) is 0 Å². The Kier molecular flexibility index (Phi) is 3.06. The Bertz CT molecular complexity index is 461. The van der Waals surface area contributed by atoms with Crippen LogP contribution in [0.2, 0.25) is 0 Å². The van der Waals surface area contributed by atoms with Crippen LogP contribution in [0.25, 0.3) is 0 Å². The van der Waals surface area contributed by atoms with E-state index in [9.17, 15) is 9.59 Å². The van der Waals surface area contributed by atoms with Gasteiger partial charge in [-0.15, -0.1) is 0 Å². The second kappa shape index (κ2) is 4.50. The zero-order valence-corrected chi connectivity index (χ0v) is 9.59. The van der Waals surface area contributed by atoms with Crippen LogP contribution in [0.4, 0.5) is 4.79 Å². The number of hydrogen-bond acceptors (Lipinski definition) is 4. The van der Waals surface area contributed by atoms with Crippen LogP contribution in [0.15, 0.2) is 18.3 Å². The first-order valence-electron chi connectivity index (χ1n) is 5.31. The van der Waals surface area contributed by atoms with Gasteiger partial charge in [0.25, 0.3) is 5.91 Å². The number of aromatic nitrogens is 1. The summed E-state index contributed by atoms with van der Waals surface area (Å²) in [5.41, 5.74) is 7.09. The van der Waals surface area contributed by atoms with Crippen LogP contribution in [-0.4, -0.2) is 40.3 Å². The first-order chi connectivity index (χ1) is 8.11. The van der Waals surface area contributed by atoms with E-state index in [-0.39, 0.29) is 25.0 Å². The molecule has 2 rings (SSSR count). The minimum Gasteiger partial charge on any atom is -0.325 e. The Morgan fingerprint density at radius 3 is 2.82 bits per heavy atom. The molecule has 2 N–H and O–H groups in total. The molecule has 0 radical (unpaired) electrons. The van der Waals surface area contributed by atoms with Crippen molar-refractivity contribution in [2.24, 2.45) is 5.73 Å². The lowest BCUT2D eigenvalue weighted by Gasteiger charge is -2.14. The van der Waals surface area contributed by atoms with Crippen molar-refractivity contribution in [2.75, 3.05) is 13.6 Å². The van der Waals surface area contributed by atoms with Crippen molar-refractivity contribution < 1.29 is 9.59 Å². The number of hydrogen-bond donors (Lipinski definition) is 1. The molecule has 0 unspecified atom stereocenters. The van der Waals surface area contributed by atoms with E-state index >= 15 is 0 Å². The van der Waals surface area contributed by atoms with Crippen LogP contribution in [0.1, 0.15) is 11.3 Å². The summed E-state index contributed by atoms with van der Waals surface area (Å²) >= 11 is 0. The number of imide groups is 1. The minimum absolute atomic E-state index is 0.146. The van der Waals surface area contributed by atoms with Crippen LogP contribution in [0.5, 0.6) is 0 Å². The van der Waals surface area contributed by atoms with Gasteiger partial charge in [0.2, 0.25) is 0 Å². The van der Waals surface area contributed by atoms with Gasteiger partial charge in [-0.2, -0.15) is 0 Å². The summed E-state index contributed by atoms with van der Waals surface area (Å²) < 4.78 is 0. The third-order valence-electron chi connectivity index (χ3n) is 2.66. The predicted octanol–water partition coefficient (Wildman–Crippen LogP) is -0.0657. The van der Waals surface area contributed by atoms with E-state index in [0.29, 0.717) is 6.54 Å². The standard InChI is InChI=1S/C11H14N4O2/c1-14-7-10(16)15(11(14)17)6-8-2-3-13-9(4-8)5-12/h2-4H,5-7,12H2,1H3. The largest absolute Gasteiger partial charge is 0.327 e. The second-order valence-electron chi connectivity index (χ2n) is 3.98. The highest BCUT2D eigenvalue weighted by Crippen LogP contribution is 2.13. The summed E-state index contributed by atoms with van der Waals surface area (Å²) in [5, 5.41) is 0. The van der Waals surface area contributed by atoms with Gasteiger partial charge in [-0.1, -0.05) is 0 Å². The van der Waals surface area contributed by atoms with Crippen molar-refractivity contribution in [3.05, 3.63) is 29.6 Å². The zero-order chi connectivity index (χ0) is 12.4. The summed E-state index contributed by atoms with van der Waals surface area (Å²) in [4.78, 5) is 29.9. The van der Waals surface area contributed by atoms with Crippen LogP contribution < -0.4 is 5.73 Å². The molecule has 17 heavy (non-hydrogen) atoms. The fourth-order valence-electron chi connectivity index (χ4n) is 1.75. The topological polar surface area (TPSA) is 79.5 Å². The second-order valence-corrected chi connectivity index (χ2v) is 3.98. The molecule has 1 aromatic heterocycles. The van der Waals surface area contributed by atoms with Gasteiger partial charge in [-0.25, -0.2) is 4.79 Å². The maximum Gasteiger partial charge on any atom is 0.327 e. The molecule has 0 atom stereocenters. The van der Waals surface area contributed by atoms with E-state index in [4.69, 9.17) is 5.73 Å². The van der Waals surface area contributed by atoms with Gasteiger partial charge < -0.3 is 10.6 Å². The molecule has 0 aromatic carbocycles. The highest BCUT2D eigenvalue weighted by Gasteiger charge is 2.33. The summed E-state index contributed by atoms with van der Waals surface area (Å²) in [6, 6.07) is 3.32. The summed E-state index contributed by atoms with van der Waals surface area (Å²) in [6.45, 7) is 0.765. The molecule has 0 bridgehead atoms. The Morgan fingerprint density at radius 1 is 1.47 bits per heavy atom. The molecular formula is C11H14N4O2. The number of pyridine rings is 1.